The summed E-state index contributed by atoms with van der Waals surface area (Å²) in [6.07, 6.45) is 2.78. The second-order valence-corrected chi connectivity index (χ2v) is 7.41. The molecule has 1 saturated heterocycles. The number of amides is 2. The van der Waals surface area contributed by atoms with E-state index in [0.717, 1.165) is 29.8 Å². The lowest BCUT2D eigenvalue weighted by molar-refractivity contribution is -0.139. The maximum Gasteiger partial charge on any atom is 0.237 e. The number of H-pyrrole nitrogens is 1. The first-order valence-electron chi connectivity index (χ1n) is 9.46. The minimum absolute atomic E-state index is 0.0257. The van der Waals surface area contributed by atoms with Crippen LogP contribution in [0.4, 0.5) is 0 Å². The van der Waals surface area contributed by atoms with Crippen molar-refractivity contribution in [3.63, 3.8) is 0 Å². The second kappa shape index (κ2) is 7.52. The van der Waals surface area contributed by atoms with Crippen molar-refractivity contribution in [2.75, 3.05) is 19.6 Å². The van der Waals surface area contributed by atoms with Crippen LogP contribution in [0, 0.1) is 6.92 Å². The molecule has 1 fully saturated rings. The lowest BCUT2D eigenvalue weighted by Crippen LogP contribution is -2.56. The van der Waals surface area contributed by atoms with E-state index in [1.165, 1.54) is 5.56 Å². The largest absolute Gasteiger partial charge is 0.353 e. The zero-order valence-electron chi connectivity index (χ0n) is 15.6. The molecule has 7 nitrogen and oxygen atoms in total. The van der Waals surface area contributed by atoms with Crippen LogP contribution in [0.25, 0.3) is 0 Å². The van der Waals surface area contributed by atoms with Gasteiger partial charge in [-0.3, -0.25) is 19.6 Å². The molecule has 4 rings (SSSR count). The Morgan fingerprint density at radius 1 is 1.26 bits per heavy atom. The van der Waals surface area contributed by atoms with Crippen molar-refractivity contribution in [3.8, 4) is 0 Å². The number of rotatable bonds is 4. The van der Waals surface area contributed by atoms with Gasteiger partial charge in [-0.1, -0.05) is 29.8 Å². The number of hydrogen-bond acceptors (Lipinski definition) is 4. The second-order valence-electron chi connectivity index (χ2n) is 7.41. The fourth-order valence-corrected chi connectivity index (χ4v) is 3.83. The van der Waals surface area contributed by atoms with Crippen molar-refractivity contribution in [1.29, 1.82) is 0 Å². The molecule has 3 heterocycles. The predicted octanol–water partition coefficient (Wildman–Crippen LogP) is 0.994. The van der Waals surface area contributed by atoms with Gasteiger partial charge < -0.3 is 10.2 Å². The van der Waals surface area contributed by atoms with Gasteiger partial charge in [0.25, 0.3) is 0 Å². The Kier molecular flexibility index (Phi) is 4.94. The van der Waals surface area contributed by atoms with Gasteiger partial charge in [-0.25, -0.2) is 0 Å². The van der Waals surface area contributed by atoms with Gasteiger partial charge in [0.1, 0.15) is 0 Å². The van der Waals surface area contributed by atoms with Gasteiger partial charge in [-0.2, -0.15) is 5.10 Å². The fourth-order valence-electron chi connectivity index (χ4n) is 3.83. The maximum absolute atomic E-state index is 12.9. The van der Waals surface area contributed by atoms with Gasteiger partial charge in [0, 0.05) is 50.4 Å². The summed E-state index contributed by atoms with van der Waals surface area (Å²) in [5.41, 5.74) is 4.55. The Morgan fingerprint density at radius 3 is 2.89 bits per heavy atom. The van der Waals surface area contributed by atoms with Crippen molar-refractivity contribution >= 4 is 11.8 Å². The molecule has 2 N–H and O–H groups in total. The Balaban J connectivity index is 1.43. The van der Waals surface area contributed by atoms with E-state index >= 15 is 0 Å². The van der Waals surface area contributed by atoms with Crippen molar-refractivity contribution in [2.24, 2.45) is 0 Å². The molecule has 0 aliphatic carbocycles. The topological polar surface area (TPSA) is 81.3 Å². The number of piperazine rings is 1. The molecule has 1 aromatic heterocycles. The van der Waals surface area contributed by atoms with E-state index < -0.39 is 6.04 Å². The zero-order valence-corrected chi connectivity index (χ0v) is 15.6. The maximum atomic E-state index is 12.9. The molecule has 142 valence electrons. The highest BCUT2D eigenvalue weighted by molar-refractivity contribution is 5.89. The first kappa shape index (κ1) is 17.7. The third-order valence-electron chi connectivity index (χ3n) is 5.47. The molecule has 0 bridgehead atoms. The number of carbonyl (C=O) groups excluding carboxylic acids is 2. The van der Waals surface area contributed by atoms with E-state index in [4.69, 9.17) is 0 Å². The van der Waals surface area contributed by atoms with Crippen molar-refractivity contribution in [1.82, 2.24) is 25.3 Å². The predicted molar refractivity (Wildman–Crippen MR) is 101 cm³/mol. The highest BCUT2D eigenvalue weighted by Gasteiger charge is 2.33. The molecule has 0 radical (unpaired) electrons. The van der Waals surface area contributed by atoms with Crippen LogP contribution in [0.5, 0.6) is 0 Å². The van der Waals surface area contributed by atoms with Gasteiger partial charge in [0.15, 0.2) is 0 Å². The summed E-state index contributed by atoms with van der Waals surface area (Å²) in [7, 11) is 0. The molecular weight excluding hydrogens is 342 g/mol. The van der Waals surface area contributed by atoms with E-state index in [9.17, 15) is 9.59 Å². The van der Waals surface area contributed by atoms with Crippen LogP contribution >= 0.6 is 0 Å². The molecule has 0 unspecified atom stereocenters. The third kappa shape index (κ3) is 3.88. The van der Waals surface area contributed by atoms with E-state index in [1.54, 1.807) is 6.20 Å². The monoisotopic (exact) mass is 367 g/mol. The van der Waals surface area contributed by atoms with Crippen LogP contribution in [0.15, 0.2) is 30.5 Å². The summed E-state index contributed by atoms with van der Waals surface area (Å²) < 4.78 is 0. The quantitative estimate of drug-likeness (QED) is 0.845. The van der Waals surface area contributed by atoms with Crippen LogP contribution in [-0.2, 0) is 29.1 Å². The molecular formula is C20H25N5O2. The highest BCUT2D eigenvalue weighted by atomic mass is 16.2. The Bertz CT molecular complexity index is 829. The average molecular weight is 367 g/mol. The van der Waals surface area contributed by atoms with Crippen LogP contribution in [0.2, 0.25) is 0 Å². The normalized spacial score (nSPS) is 20.3. The van der Waals surface area contributed by atoms with Gasteiger partial charge in [-0.15, -0.1) is 0 Å². The fraction of sp³-hybridized carbons (Fsp3) is 0.450. The van der Waals surface area contributed by atoms with E-state index in [1.807, 2.05) is 4.90 Å². The molecule has 2 aromatic rings. The zero-order chi connectivity index (χ0) is 18.8. The van der Waals surface area contributed by atoms with Crippen LogP contribution in [0.1, 0.15) is 28.8 Å². The van der Waals surface area contributed by atoms with Crippen LogP contribution in [0.3, 0.4) is 0 Å². The smallest absolute Gasteiger partial charge is 0.237 e. The lowest BCUT2D eigenvalue weighted by atomic mass is 10.0. The summed E-state index contributed by atoms with van der Waals surface area (Å²) in [6.45, 7) is 5.35. The molecule has 1 aromatic carbocycles. The number of nitrogens with one attached hydrogen (secondary N) is 2. The standard InChI is InChI=1S/C20H25N5O2/c1-14-2-4-15(5-3-14)12-24-9-7-21-20(27)18(24)10-19(26)25-8-6-17-16(13-25)11-22-23-17/h2-5,11,18H,6-10,12-13H2,1H3,(H,21,27)(H,22,23)/t18-/m1/s1. The van der Waals surface area contributed by atoms with Gasteiger partial charge >= 0.3 is 0 Å². The minimum atomic E-state index is -0.418. The minimum Gasteiger partial charge on any atom is -0.353 e. The summed E-state index contributed by atoms with van der Waals surface area (Å²) >= 11 is 0. The molecule has 1 atom stereocenters. The third-order valence-corrected chi connectivity index (χ3v) is 5.47. The van der Waals surface area contributed by atoms with Crippen molar-refractivity contribution in [2.45, 2.75) is 38.9 Å². The van der Waals surface area contributed by atoms with E-state index in [0.29, 0.717) is 26.2 Å². The molecule has 27 heavy (non-hydrogen) atoms. The molecule has 2 aliphatic rings. The number of hydrogen-bond donors (Lipinski definition) is 2. The summed E-state index contributed by atoms with van der Waals surface area (Å²) in [4.78, 5) is 29.3. The first-order valence-corrected chi connectivity index (χ1v) is 9.46. The summed E-state index contributed by atoms with van der Waals surface area (Å²) in [6, 6.07) is 7.92. The van der Waals surface area contributed by atoms with E-state index in [2.05, 4.69) is 51.6 Å². The van der Waals surface area contributed by atoms with Gasteiger partial charge in [-0.05, 0) is 12.5 Å². The van der Waals surface area contributed by atoms with Crippen molar-refractivity contribution < 1.29 is 9.59 Å². The summed E-state index contributed by atoms with van der Waals surface area (Å²) in [5.74, 6) is -0.0273. The molecule has 2 amide bonds. The summed E-state index contributed by atoms with van der Waals surface area (Å²) in [5, 5.41) is 9.95. The molecule has 7 heteroatoms. The van der Waals surface area contributed by atoms with Gasteiger partial charge in [0.05, 0.1) is 18.7 Å². The van der Waals surface area contributed by atoms with Crippen molar-refractivity contribution in [3.05, 3.63) is 52.8 Å². The molecule has 0 spiro atoms. The van der Waals surface area contributed by atoms with Crippen LogP contribution < -0.4 is 5.32 Å². The number of aromatic nitrogens is 2. The lowest BCUT2D eigenvalue weighted by Gasteiger charge is -2.36. The number of fused-ring (bicyclic) bond motifs is 1. The Hall–Kier alpha value is -2.67. The first-order chi connectivity index (χ1) is 13.1. The Labute approximate surface area is 158 Å². The number of benzene rings is 1. The molecule has 0 saturated carbocycles. The van der Waals surface area contributed by atoms with Gasteiger partial charge in [0.2, 0.25) is 11.8 Å². The Morgan fingerprint density at radius 2 is 2.07 bits per heavy atom. The van der Waals surface area contributed by atoms with Crippen LogP contribution in [-0.4, -0.2) is 57.5 Å². The number of carbonyl (C=O) groups is 2. The van der Waals surface area contributed by atoms with E-state index in [-0.39, 0.29) is 18.2 Å². The SMILES string of the molecule is Cc1ccc(CN2CCNC(=O)[C@H]2CC(=O)N2CCc3[nH]ncc3C2)cc1. The number of aromatic amines is 1. The average Bonchev–Trinajstić information content (AvgIpc) is 3.14. The highest BCUT2D eigenvalue weighted by Crippen LogP contribution is 2.20. The number of aryl methyl sites for hydroxylation is 1. The number of nitrogens with zero attached hydrogens (tertiary/aromatic N) is 3. The molecule has 2 aliphatic heterocycles.